The first kappa shape index (κ1) is 16.3. The predicted octanol–water partition coefficient (Wildman–Crippen LogP) is 2.90. The van der Waals surface area contributed by atoms with Crippen molar-refractivity contribution in [2.24, 2.45) is 0 Å². The van der Waals surface area contributed by atoms with Gasteiger partial charge in [0.25, 0.3) is 12.1 Å². The lowest BCUT2D eigenvalue weighted by molar-refractivity contribution is -0.147. The smallest absolute Gasteiger partial charge is 0.285 e. The Bertz CT molecular complexity index is 1060. The third kappa shape index (κ3) is 2.49. The molecule has 0 spiro atoms. The molecule has 27 heavy (non-hydrogen) atoms. The Morgan fingerprint density at radius 2 is 2.04 bits per heavy atom. The van der Waals surface area contributed by atoms with E-state index < -0.39 is 6.23 Å². The van der Waals surface area contributed by atoms with Crippen LogP contribution >= 0.6 is 0 Å². The van der Waals surface area contributed by atoms with Gasteiger partial charge in [-0.2, -0.15) is 0 Å². The summed E-state index contributed by atoms with van der Waals surface area (Å²) in [6.07, 6.45) is -0.894. The molecule has 4 heterocycles. The third-order valence-electron chi connectivity index (χ3n) is 5.08. The number of amides is 1. The summed E-state index contributed by atoms with van der Waals surface area (Å²) in [6, 6.07) is 10.3. The number of nitrogens with zero attached hydrogens (tertiary/aromatic N) is 3. The van der Waals surface area contributed by atoms with E-state index in [0.29, 0.717) is 54.3 Å². The number of aryl methyl sites for hydroxylation is 1. The summed E-state index contributed by atoms with van der Waals surface area (Å²) >= 11 is 0. The normalized spacial score (nSPS) is 18.7. The fourth-order valence-electron chi connectivity index (χ4n) is 3.75. The van der Waals surface area contributed by atoms with Crippen LogP contribution in [0.4, 0.5) is 4.39 Å². The van der Waals surface area contributed by atoms with E-state index in [0.717, 1.165) is 5.69 Å². The monoisotopic (exact) mass is 367 g/mol. The molecule has 1 fully saturated rings. The minimum atomic E-state index is -0.894. The van der Waals surface area contributed by atoms with E-state index in [2.05, 4.69) is 4.98 Å². The highest BCUT2D eigenvalue weighted by molar-refractivity contribution is 5.92. The van der Waals surface area contributed by atoms with Crippen LogP contribution in [0.15, 0.2) is 36.4 Å². The predicted molar refractivity (Wildman–Crippen MR) is 96.9 cm³/mol. The Labute approximate surface area is 155 Å². The van der Waals surface area contributed by atoms with Crippen molar-refractivity contribution in [3.63, 3.8) is 0 Å². The summed E-state index contributed by atoms with van der Waals surface area (Å²) in [5, 5.41) is 0.451. The Kier molecular flexibility index (Phi) is 3.65. The van der Waals surface area contributed by atoms with Crippen molar-refractivity contribution in [2.75, 3.05) is 26.3 Å². The third-order valence-corrected chi connectivity index (χ3v) is 5.08. The van der Waals surface area contributed by atoms with Crippen LogP contribution in [0.25, 0.3) is 22.3 Å². The van der Waals surface area contributed by atoms with Crippen molar-refractivity contribution in [3.8, 4) is 17.1 Å². The highest BCUT2D eigenvalue weighted by Gasteiger charge is 2.36. The van der Waals surface area contributed by atoms with Gasteiger partial charge in [0.2, 0.25) is 0 Å². The molecular weight excluding hydrogens is 349 g/mol. The van der Waals surface area contributed by atoms with Crippen LogP contribution < -0.4 is 4.74 Å². The Morgan fingerprint density at radius 1 is 1.22 bits per heavy atom. The van der Waals surface area contributed by atoms with Gasteiger partial charge in [0.15, 0.2) is 5.75 Å². The van der Waals surface area contributed by atoms with Crippen LogP contribution in [0, 0.1) is 12.7 Å². The van der Waals surface area contributed by atoms with E-state index in [9.17, 15) is 9.18 Å². The first-order chi connectivity index (χ1) is 13.1. The van der Waals surface area contributed by atoms with Crippen molar-refractivity contribution >= 4 is 16.8 Å². The number of carbonyl (C=O) groups is 1. The van der Waals surface area contributed by atoms with E-state index in [1.165, 1.54) is 6.07 Å². The van der Waals surface area contributed by atoms with Gasteiger partial charge in [0.1, 0.15) is 11.5 Å². The maximum Gasteiger partial charge on any atom is 0.285 e. The summed E-state index contributed by atoms with van der Waals surface area (Å²) in [5.41, 5.74) is 2.75. The molecule has 0 aliphatic carbocycles. The molecule has 0 radical (unpaired) electrons. The number of pyridine rings is 1. The van der Waals surface area contributed by atoms with E-state index in [1.54, 1.807) is 27.7 Å². The van der Waals surface area contributed by atoms with Crippen LogP contribution in [0.2, 0.25) is 0 Å². The molecular formula is C20H18FN3O3. The molecule has 3 aromatic rings. The Morgan fingerprint density at radius 3 is 2.85 bits per heavy atom. The molecule has 1 unspecified atom stereocenters. The zero-order valence-electron chi connectivity index (χ0n) is 14.8. The number of hydrogen-bond donors (Lipinski definition) is 0. The van der Waals surface area contributed by atoms with Gasteiger partial charge < -0.3 is 14.4 Å². The van der Waals surface area contributed by atoms with E-state index in [-0.39, 0.29) is 11.7 Å². The second-order valence-corrected chi connectivity index (χ2v) is 6.78. The molecule has 0 bridgehead atoms. The highest BCUT2D eigenvalue weighted by Crippen LogP contribution is 2.42. The second kappa shape index (κ2) is 6.06. The van der Waals surface area contributed by atoms with E-state index in [4.69, 9.17) is 9.47 Å². The van der Waals surface area contributed by atoms with E-state index in [1.807, 2.05) is 19.1 Å². The van der Waals surface area contributed by atoms with Crippen molar-refractivity contribution in [2.45, 2.75) is 13.2 Å². The van der Waals surface area contributed by atoms with Gasteiger partial charge in [-0.1, -0.05) is 6.07 Å². The lowest BCUT2D eigenvalue weighted by atomic mass is 10.2. The van der Waals surface area contributed by atoms with Crippen LogP contribution in [0.1, 0.15) is 11.9 Å². The number of fused-ring (bicyclic) bond motifs is 5. The molecule has 7 heteroatoms. The summed E-state index contributed by atoms with van der Waals surface area (Å²) in [5.74, 6) is 0.0386. The molecule has 5 rings (SSSR count). The number of ether oxygens (including phenoxy) is 2. The van der Waals surface area contributed by atoms with Gasteiger partial charge in [-0.15, -0.1) is 0 Å². The Balaban J connectivity index is 1.71. The summed E-state index contributed by atoms with van der Waals surface area (Å²) in [7, 11) is 0. The summed E-state index contributed by atoms with van der Waals surface area (Å²) in [4.78, 5) is 19.5. The molecule has 1 saturated heterocycles. The maximum atomic E-state index is 14.4. The second-order valence-electron chi connectivity index (χ2n) is 6.78. The zero-order chi connectivity index (χ0) is 18.5. The first-order valence-corrected chi connectivity index (χ1v) is 8.94. The van der Waals surface area contributed by atoms with Crippen molar-refractivity contribution in [1.82, 2.24) is 14.5 Å². The van der Waals surface area contributed by atoms with Crippen LogP contribution in [-0.2, 0) is 9.53 Å². The summed E-state index contributed by atoms with van der Waals surface area (Å²) < 4.78 is 27.6. The molecule has 0 saturated carbocycles. The number of hydrogen-bond acceptors (Lipinski definition) is 4. The average molecular weight is 367 g/mol. The average Bonchev–Trinajstić information content (AvgIpc) is 3.09. The SMILES string of the molecule is Cc1ccc2c(n1)-c1cc3c(F)cccc3n1C(C(=O)N1CCOCC1)O2. The quantitative estimate of drug-likeness (QED) is 0.664. The molecule has 138 valence electrons. The van der Waals surface area contributed by atoms with Gasteiger partial charge in [0, 0.05) is 24.2 Å². The summed E-state index contributed by atoms with van der Waals surface area (Å²) in [6.45, 7) is 3.92. The number of halogens is 1. The minimum absolute atomic E-state index is 0.160. The topological polar surface area (TPSA) is 56.6 Å². The fraction of sp³-hybridized carbons (Fsp3) is 0.300. The number of morpholine rings is 1. The van der Waals surface area contributed by atoms with Crippen LogP contribution in [0.3, 0.4) is 0 Å². The van der Waals surface area contributed by atoms with E-state index >= 15 is 0 Å². The largest absolute Gasteiger partial charge is 0.458 e. The highest BCUT2D eigenvalue weighted by atomic mass is 19.1. The standard InChI is InChI=1S/C20H18FN3O3/c1-12-5-6-17-18(22-12)16-11-13-14(21)3-2-4-15(13)24(16)20(27-17)19(25)23-7-9-26-10-8-23/h2-6,11,20H,7-10H2,1H3. The maximum absolute atomic E-state index is 14.4. The molecule has 2 aromatic heterocycles. The van der Waals surface area contributed by atoms with Gasteiger partial charge in [-0.05, 0) is 37.3 Å². The lowest BCUT2D eigenvalue weighted by Gasteiger charge is -2.34. The first-order valence-electron chi connectivity index (χ1n) is 8.94. The lowest BCUT2D eigenvalue weighted by Crippen LogP contribution is -2.46. The molecule has 1 atom stereocenters. The molecule has 0 N–H and O–H groups in total. The molecule has 1 amide bonds. The Hall–Kier alpha value is -2.93. The van der Waals surface area contributed by atoms with Gasteiger partial charge in [0.05, 0.1) is 24.4 Å². The number of aromatic nitrogens is 2. The molecule has 1 aromatic carbocycles. The fourth-order valence-corrected chi connectivity index (χ4v) is 3.75. The number of carbonyl (C=O) groups excluding carboxylic acids is 1. The van der Waals surface area contributed by atoms with Crippen molar-refractivity contribution < 1.29 is 18.7 Å². The number of rotatable bonds is 1. The molecule has 6 nitrogen and oxygen atoms in total. The molecule has 2 aliphatic rings. The minimum Gasteiger partial charge on any atom is -0.458 e. The van der Waals surface area contributed by atoms with Crippen LogP contribution in [0.5, 0.6) is 5.75 Å². The van der Waals surface area contributed by atoms with Crippen molar-refractivity contribution in [1.29, 1.82) is 0 Å². The van der Waals surface area contributed by atoms with Crippen LogP contribution in [-0.4, -0.2) is 46.7 Å². The van der Waals surface area contributed by atoms with Gasteiger partial charge in [-0.25, -0.2) is 9.37 Å². The van der Waals surface area contributed by atoms with Crippen molar-refractivity contribution in [3.05, 3.63) is 47.9 Å². The molecule has 2 aliphatic heterocycles. The van der Waals surface area contributed by atoms with Gasteiger partial charge >= 0.3 is 0 Å². The number of benzene rings is 1. The zero-order valence-corrected chi connectivity index (χ0v) is 14.8. The van der Waals surface area contributed by atoms with Gasteiger partial charge in [-0.3, -0.25) is 9.36 Å².